The quantitative estimate of drug-likeness (QED) is 0.628. The van der Waals surface area contributed by atoms with Crippen LogP contribution in [0.4, 0.5) is 19.0 Å². The molecule has 3 aromatic rings. The molecule has 2 aliphatic rings. The van der Waals surface area contributed by atoms with E-state index in [9.17, 15) is 18.3 Å². The monoisotopic (exact) mass is 444 g/mol. The molecule has 4 atom stereocenters. The molecule has 168 valence electrons. The van der Waals surface area contributed by atoms with Gasteiger partial charge in [-0.25, -0.2) is 22.8 Å². The van der Waals surface area contributed by atoms with E-state index < -0.39 is 18.8 Å². The van der Waals surface area contributed by atoms with E-state index in [0.29, 0.717) is 23.8 Å². The van der Waals surface area contributed by atoms with Crippen LogP contribution in [0, 0.1) is 5.82 Å². The standard InChI is InChI=1S/C22H23F3N6O/c1-30(19-4-13-2-3-17(29-13)22(19)25)21-9-26-18(8-27-21)15-5-16(24)14(6-20(15)32)12-7-28-31(10-12)11-23/h5-10,13,17,19,22,29,32H,2-4,11H2,1H3/t13-,17+,19-,22+/m0/s1. The average Bonchev–Trinajstić information content (AvgIpc) is 3.45. The lowest BCUT2D eigenvalue weighted by atomic mass is 9.96. The smallest absolute Gasteiger partial charge is 0.181 e. The van der Waals surface area contributed by atoms with Crippen molar-refractivity contribution in [3.05, 3.63) is 42.7 Å². The zero-order valence-electron chi connectivity index (χ0n) is 17.4. The summed E-state index contributed by atoms with van der Waals surface area (Å²) in [6, 6.07) is 2.33. The maximum absolute atomic E-state index is 14.9. The Morgan fingerprint density at radius 2 is 2.03 bits per heavy atom. The van der Waals surface area contributed by atoms with E-state index in [0.717, 1.165) is 23.6 Å². The van der Waals surface area contributed by atoms with Crippen molar-refractivity contribution in [2.45, 2.75) is 50.4 Å². The lowest BCUT2D eigenvalue weighted by molar-refractivity contribution is 0.176. The molecule has 0 spiro atoms. The maximum atomic E-state index is 14.9. The van der Waals surface area contributed by atoms with Crippen LogP contribution in [0.1, 0.15) is 19.3 Å². The number of nitrogens with zero attached hydrogens (tertiary/aromatic N) is 5. The number of anilines is 1. The molecule has 0 unspecified atom stereocenters. The van der Waals surface area contributed by atoms with Crippen LogP contribution in [-0.2, 0) is 6.80 Å². The van der Waals surface area contributed by atoms with Crippen molar-refractivity contribution >= 4 is 5.82 Å². The molecule has 2 N–H and O–H groups in total. The number of aromatic nitrogens is 4. The summed E-state index contributed by atoms with van der Waals surface area (Å²) in [6.45, 7) is -0.829. The van der Waals surface area contributed by atoms with Crippen molar-refractivity contribution in [2.24, 2.45) is 0 Å². The predicted molar refractivity (Wildman–Crippen MR) is 113 cm³/mol. The van der Waals surface area contributed by atoms with Gasteiger partial charge in [-0.1, -0.05) is 0 Å². The highest BCUT2D eigenvalue weighted by Gasteiger charge is 2.43. The van der Waals surface area contributed by atoms with Crippen LogP contribution in [0.25, 0.3) is 22.4 Å². The molecule has 2 bridgehead atoms. The van der Waals surface area contributed by atoms with Gasteiger partial charge >= 0.3 is 0 Å². The Hall–Kier alpha value is -3.14. The van der Waals surface area contributed by atoms with Crippen LogP contribution in [-0.4, -0.2) is 56.2 Å². The van der Waals surface area contributed by atoms with Crippen molar-refractivity contribution < 1.29 is 18.3 Å². The first-order valence-electron chi connectivity index (χ1n) is 10.5. The zero-order chi connectivity index (χ0) is 22.4. The third-order valence-corrected chi connectivity index (χ3v) is 6.48. The zero-order valence-corrected chi connectivity index (χ0v) is 17.4. The van der Waals surface area contributed by atoms with Gasteiger partial charge in [0.05, 0.1) is 30.3 Å². The van der Waals surface area contributed by atoms with Crippen molar-refractivity contribution in [2.75, 3.05) is 11.9 Å². The Bertz CT molecular complexity index is 1120. The first-order chi connectivity index (χ1) is 15.4. The molecule has 0 radical (unpaired) electrons. The summed E-state index contributed by atoms with van der Waals surface area (Å²) in [7, 11) is 1.80. The van der Waals surface area contributed by atoms with Gasteiger partial charge in [0.1, 0.15) is 23.6 Å². The summed E-state index contributed by atoms with van der Waals surface area (Å²) in [5.74, 6) is -0.286. The largest absolute Gasteiger partial charge is 0.507 e. The molecule has 2 aliphatic heterocycles. The first-order valence-corrected chi connectivity index (χ1v) is 10.5. The van der Waals surface area contributed by atoms with E-state index >= 15 is 0 Å². The molecule has 10 heteroatoms. The Morgan fingerprint density at radius 3 is 2.75 bits per heavy atom. The molecule has 4 heterocycles. The lowest BCUT2D eigenvalue weighted by Crippen LogP contribution is -2.55. The van der Waals surface area contributed by atoms with E-state index in [1.807, 2.05) is 0 Å². The van der Waals surface area contributed by atoms with Gasteiger partial charge < -0.3 is 15.3 Å². The minimum Gasteiger partial charge on any atom is -0.507 e. The number of piperidine rings is 1. The summed E-state index contributed by atoms with van der Waals surface area (Å²) >= 11 is 0. The number of halogens is 3. The molecular formula is C22H23F3N6O. The number of alkyl halides is 2. The fraction of sp³-hybridized carbons (Fsp3) is 0.409. The van der Waals surface area contributed by atoms with Gasteiger partial charge in [-0.15, -0.1) is 0 Å². The minimum atomic E-state index is -0.993. The lowest BCUT2D eigenvalue weighted by Gasteiger charge is -2.38. The fourth-order valence-electron chi connectivity index (χ4n) is 4.72. The molecule has 5 rings (SSSR count). The van der Waals surface area contributed by atoms with Crippen LogP contribution in [0.5, 0.6) is 5.75 Å². The van der Waals surface area contributed by atoms with Crippen LogP contribution in [0.15, 0.2) is 36.9 Å². The maximum Gasteiger partial charge on any atom is 0.181 e. The molecule has 2 fully saturated rings. The highest BCUT2D eigenvalue weighted by Crippen LogP contribution is 2.36. The predicted octanol–water partition coefficient (Wildman–Crippen LogP) is 3.45. The van der Waals surface area contributed by atoms with E-state index in [-0.39, 0.29) is 34.7 Å². The number of fused-ring (bicyclic) bond motifs is 2. The average molecular weight is 444 g/mol. The van der Waals surface area contributed by atoms with Crippen molar-refractivity contribution in [1.29, 1.82) is 0 Å². The molecule has 2 aromatic heterocycles. The summed E-state index contributed by atoms with van der Waals surface area (Å²) in [4.78, 5) is 10.5. The van der Waals surface area contributed by atoms with Crippen molar-refractivity contribution in [1.82, 2.24) is 25.1 Å². The number of rotatable bonds is 5. The van der Waals surface area contributed by atoms with Gasteiger partial charge in [0, 0.05) is 42.0 Å². The van der Waals surface area contributed by atoms with Crippen molar-refractivity contribution in [3.63, 3.8) is 0 Å². The topological polar surface area (TPSA) is 79.1 Å². The fourth-order valence-corrected chi connectivity index (χ4v) is 4.72. The summed E-state index contributed by atoms with van der Waals surface area (Å²) in [6.07, 6.45) is 7.15. The number of hydrogen-bond acceptors (Lipinski definition) is 6. The highest BCUT2D eigenvalue weighted by molar-refractivity contribution is 5.74. The molecule has 0 amide bonds. The molecule has 2 saturated heterocycles. The van der Waals surface area contributed by atoms with Gasteiger partial charge in [0.25, 0.3) is 0 Å². The number of hydrogen-bond donors (Lipinski definition) is 2. The van der Waals surface area contributed by atoms with Crippen LogP contribution in [0.3, 0.4) is 0 Å². The minimum absolute atomic E-state index is 0.102. The molecule has 0 saturated carbocycles. The summed E-state index contributed by atoms with van der Waals surface area (Å²) < 4.78 is 43.3. The molecule has 7 nitrogen and oxygen atoms in total. The molecule has 32 heavy (non-hydrogen) atoms. The Labute approximate surface area is 182 Å². The SMILES string of the molecule is CN(c1cnc(-c2cc(F)c(-c3cnn(CF)c3)cc2O)cn1)[C@H]1C[C@@H]2CC[C@@H](N2)[C@H]1F. The second kappa shape index (κ2) is 8.09. The number of nitrogens with one attached hydrogen (secondary N) is 1. The third kappa shape index (κ3) is 3.58. The summed E-state index contributed by atoms with van der Waals surface area (Å²) in [5, 5.41) is 17.6. The molecule has 1 aromatic carbocycles. The first kappa shape index (κ1) is 20.7. The van der Waals surface area contributed by atoms with E-state index in [2.05, 4.69) is 20.4 Å². The third-order valence-electron chi connectivity index (χ3n) is 6.48. The van der Waals surface area contributed by atoms with Gasteiger partial charge in [-0.3, -0.25) is 4.98 Å². The number of benzene rings is 1. The van der Waals surface area contributed by atoms with Gasteiger partial charge in [-0.05, 0) is 31.4 Å². The Morgan fingerprint density at radius 1 is 1.19 bits per heavy atom. The molecule has 0 aliphatic carbocycles. The normalized spacial score (nSPS) is 24.6. The van der Waals surface area contributed by atoms with Crippen molar-refractivity contribution in [3.8, 4) is 28.1 Å². The van der Waals surface area contributed by atoms with Crippen LogP contribution in [0.2, 0.25) is 0 Å². The van der Waals surface area contributed by atoms with Gasteiger partial charge in [-0.2, -0.15) is 5.10 Å². The van der Waals surface area contributed by atoms with E-state index in [4.69, 9.17) is 0 Å². The van der Waals surface area contributed by atoms with Gasteiger partial charge in [0.15, 0.2) is 6.80 Å². The number of aromatic hydroxyl groups is 1. The second-order valence-corrected chi connectivity index (χ2v) is 8.40. The second-order valence-electron chi connectivity index (χ2n) is 8.40. The highest BCUT2D eigenvalue weighted by atomic mass is 19.1. The van der Waals surface area contributed by atoms with E-state index in [1.54, 1.807) is 11.9 Å². The Balaban J connectivity index is 1.38. The van der Waals surface area contributed by atoms with Crippen LogP contribution < -0.4 is 10.2 Å². The summed E-state index contributed by atoms with van der Waals surface area (Å²) in [5.41, 5.74) is 0.910. The number of phenolic OH excluding ortho intramolecular Hbond substituents is 1. The van der Waals surface area contributed by atoms with Gasteiger partial charge in [0.2, 0.25) is 0 Å². The van der Waals surface area contributed by atoms with Crippen LogP contribution >= 0.6 is 0 Å². The van der Waals surface area contributed by atoms with E-state index in [1.165, 1.54) is 30.9 Å². The number of phenols is 1. The molecular weight excluding hydrogens is 421 g/mol. The Kier molecular flexibility index (Phi) is 5.24.